The molecule has 7 heteroatoms. The maximum Gasteiger partial charge on any atom is 0.138 e. The van der Waals surface area contributed by atoms with Crippen molar-refractivity contribution in [2.45, 2.75) is 13.0 Å². The topological polar surface area (TPSA) is 93.6 Å². The standard InChI is InChI=1S/C24H28N4O3/c29-11-2-1-3-18-15-21-22(17-28-9-13-31-14-10-28)23(27-24(21)26-16-18)19-4-6-20(7-5-19)25-8-12-30/h4-7,15-16,25,29-30H,2,8-14,17H2,(H,26,27). The van der Waals surface area contributed by atoms with Gasteiger partial charge in [-0.25, -0.2) is 4.98 Å². The Kier molecular flexibility index (Phi) is 7.18. The van der Waals surface area contributed by atoms with Crippen molar-refractivity contribution in [1.29, 1.82) is 0 Å². The zero-order valence-electron chi connectivity index (χ0n) is 17.5. The number of aliphatic hydroxyl groups is 2. The number of benzene rings is 1. The Bertz CT molecular complexity index is 1060. The average molecular weight is 421 g/mol. The molecule has 0 atom stereocenters. The molecule has 0 bridgehead atoms. The average Bonchev–Trinajstić information content (AvgIpc) is 3.16. The number of aromatic nitrogens is 2. The molecule has 1 aromatic carbocycles. The summed E-state index contributed by atoms with van der Waals surface area (Å²) in [5.74, 6) is 6.07. The summed E-state index contributed by atoms with van der Waals surface area (Å²) in [6.07, 6.45) is 2.22. The van der Waals surface area contributed by atoms with Crippen LogP contribution in [0.25, 0.3) is 22.3 Å². The van der Waals surface area contributed by atoms with Crippen LogP contribution in [0, 0.1) is 11.8 Å². The second-order valence-corrected chi connectivity index (χ2v) is 7.49. The third kappa shape index (κ3) is 5.24. The van der Waals surface area contributed by atoms with Crippen LogP contribution in [-0.2, 0) is 11.3 Å². The molecule has 7 nitrogen and oxygen atoms in total. The minimum Gasteiger partial charge on any atom is -0.395 e. The highest BCUT2D eigenvalue weighted by Gasteiger charge is 2.19. The predicted molar refractivity (Wildman–Crippen MR) is 122 cm³/mol. The van der Waals surface area contributed by atoms with E-state index in [9.17, 15) is 0 Å². The SMILES string of the molecule is OCCC#Cc1cnc2[nH]c(-c3ccc(NCCO)cc3)c(CN3CCOCC3)c2c1. The van der Waals surface area contributed by atoms with Crippen LogP contribution >= 0.6 is 0 Å². The lowest BCUT2D eigenvalue weighted by atomic mass is 10.0. The van der Waals surface area contributed by atoms with E-state index in [1.54, 1.807) is 6.20 Å². The second kappa shape index (κ2) is 10.4. The molecule has 4 N–H and O–H groups in total. The van der Waals surface area contributed by atoms with Gasteiger partial charge >= 0.3 is 0 Å². The molecule has 3 aromatic rings. The zero-order valence-corrected chi connectivity index (χ0v) is 17.5. The second-order valence-electron chi connectivity index (χ2n) is 7.49. The van der Waals surface area contributed by atoms with Crippen LogP contribution in [0.5, 0.6) is 0 Å². The van der Waals surface area contributed by atoms with Crippen LogP contribution in [0.15, 0.2) is 36.5 Å². The van der Waals surface area contributed by atoms with E-state index in [0.29, 0.717) is 13.0 Å². The first-order valence-electron chi connectivity index (χ1n) is 10.6. The number of nitrogens with one attached hydrogen (secondary N) is 2. The fourth-order valence-electron chi connectivity index (χ4n) is 3.76. The van der Waals surface area contributed by atoms with Crippen molar-refractivity contribution >= 4 is 16.7 Å². The normalized spacial score (nSPS) is 14.4. The summed E-state index contributed by atoms with van der Waals surface area (Å²) < 4.78 is 5.52. The van der Waals surface area contributed by atoms with E-state index >= 15 is 0 Å². The number of aromatic amines is 1. The predicted octanol–water partition coefficient (Wildman–Crippen LogP) is 2.20. The lowest BCUT2D eigenvalue weighted by Gasteiger charge is -2.26. The van der Waals surface area contributed by atoms with E-state index in [-0.39, 0.29) is 13.2 Å². The molecular formula is C24H28N4O3. The van der Waals surface area contributed by atoms with Gasteiger partial charge in [-0.3, -0.25) is 4.90 Å². The van der Waals surface area contributed by atoms with Crippen LogP contribution in [0.1, 0.15) is 17.5 Å². The first kappa shape index (κ1) is 21.3. The first-order chi connectivity index (χ1) is 15.3. The molecule has 0 spiro atoms. The van der Waals surface area contributed by atoms with Gasteiger partial charge in [0.25, 0.3) is 0 Å². The fourth-order valence-corrected chi connectivity index (χ4v) is 3.76. The number of pyridine rings is 1. The van der Waals surface area contributed by atoms with Gasteiger partial charge in [-0.05, 0) is 23.8 Å². The Labute approximate surface area is 182 Å². The lowest BCUT2D eigenvalue weighted by Crippen LogP contribution is -2.35. The number of aliphatic hydroxyl groups excluding tert-OH is 2. The van der Waals surface area contributed by atoms with Gasteiger partial charge in [-0.15, -0.1) is 0 Å². The Morgan fingerprint density at radius 2 is 1.94 bits per heavy atom. The van der Waals surface area contributed by atoms with Crippen molar-refractivity contribution in [3.05, 3.63) is 47.7 Å². The van der Waals surface area contributed by atoms with Crippen LogP contribution in [0.2, 0.25) is 0 Å². The van der Waals surface area contributed by atoms with Crippen molar-refractivity contribution in [2.24, 2.45) is 0 Å². The van der Waals surface area contributed by atoms with Crippen LogP contribution in [0.4, 0.5) is 5.69 Å². The van der Waals surface area contributed by atoms with Crippen LogP contribution in [-0.4, -0.2) is 71.1 Å². The van der Waals surface area contributed by atoms with Crippen molar-refractivity contribution in [2.75, 3.05) is 51.4 Å². The molecule has 0 saturated carbocycles. The third-order valence-electron chi connectivity index (χ3n) is 5.33. The summed E-state index contributed by atoms with van der Waals surface area (Å²) in [5, 5.41) is 22.3. The monoisotopic (exact) mass is 420 g/mol. The fraction of sp³-hybridized carbons (Fsp3) is 0.375. The van der Waals surface area contributed by atoms with Gasteiger partial charge in [0.2, 0.25) is 0 Å². The van der Waals surface area contributed by atoms with E-state index in [1.165, 1.54) is 5.56 Å². The minimum atomic E-state index is 0.0580. The molecular weight excluding hydrogens is 392 g/mol. The number of nitrogens with zero attached hydrogens (tertiary/aromatic N) is 2. The molecule has 3 heterocycles. The van der Waals surface area contributed by atoms with Gasteiger partial charge < -0.3 is 25.3 Å². The van der Waals surface area contributed by atoms with Gasteiger partial charge in [-0.2, -0.15) is 0 Å². The smallest absolute Gasteiger partial charge is 0.138 e. The molecule has 31 heavy (non-hydrogen) atoms. The maximum absolute atomic E-state index is 9.01. The number of ether oxygens (including phenoxy) is 1. The van der Waals surface area contributed by atoms with Gasteiger partial charge in [0.15, 0.2) is 0 Å². The molecule has 0 radical (unpaired) electrons. The van der Waals surface area contributed by atoms with Gasteiger partial charge in [0.05, 0.1) is 32.1 Å². The Balaban J connectivity index is 1.72. The van der Waals surface area contributed by atoms with Gasteiger partial charge in [-0.1, -0.05) is 24.0 Å². The Morgan fingerprint density at radius 3 is 2.68 bits per heavy atom. The third-order valence-corrected chi connectivity index (χ3v) is 5.33. The number of anilines is 1. The molecule has 1 saturated heterocycles. The maximum atomic E-state index is 9.01. The van der Waals surface area contributed by atoms with E-state index in [1.807, 2.05) is 12.1 Å². The summed E-state index contributed by atoms with van der Waals surface area (Å²) in [6.45, 7) is 4.79. The highest BCUT2D eigenvalue weighted by molar-refractivity contribution is 5.89. The number of H-pyrrole nitrogens is 1. The minimum absolute atomic E-state index is 0.0580. The lowest BCUT2D eigenvalue weighted by molar-refractivity contribution is 0.0344. The number of rotatable bonds is 7. The van der Waals surface area contributed by atoms with Gasteiger partial charge in [0.1, 0.15) is 5.65 Å². The number of hydrogen-bond donors (Lipinski definition) is 4. The summed E-state index contributed by atoms with van der Waals surface area (Å²) in [5.41, 5.74) is 6.01. The van der Waals surface area contributed by atoms with E-state index in [4.69, 9.17) is 14.9 Å². The largest absolute Gasteiger partial charge is 0.395 e. The van der Waals surface area contributed by atoms with Crippen molar-refractivity contribution in [3.63, 3.8) is 0 Å². The van der Waals surface area contributed by atoms with Crippen LogP contribution in [0.3, 0.4) is 0 Å². The van der Waals surface area contributed by atoms with Gasteiger partial charge in [0, 0.05) is 61.0 Å². The number of hydrogen-bond acceptors (Lipinski definition) is 6. The molecule has 1 aliphatic heterocycles. The molecule has 0 aliphatic carbocycles. The molecule has 4 rings (SSSR count). The molecule has 0 unspecified atom stereocenters. The highest BCUT2D eigenvalue weighted by Crippen LogP contribution is 2.32. The number of fused-ring (bicyclic) bond motifs is 1. The van der Waals surface area contributed by atoms with Crippen molar-refractivity contribution in [1.82, 2.24) is 14.9 Å². The Morgan fingerprint density at radius 1 is 1.13 bits per heavy atom. The van der Waals surface area contributed by atoms with Crippen molar-refractivity contribution in [3.8, 4) is 23.1 Å². The van der Waals surface area contributed by atoms with Crippen LogP contribution < -0.4 is 5.32 Å². The summed E-state index contributed by atoms with van der Waals surface area (Å²) in [4.78, 5) is 10.5. The summed E-state index contributed by atoms with van der Waals surface area (Å²) in [7, 11) is 0. The molecule has 0 amide bonds. The highest BCUT2D eigenvalue weighted by atomic mass is 16.5. The molecule has 1 fully saturated rings. The zero-order chi connectivity index (χ0) is 21.5. The summed E-state index contributed by atoms with van der Waals surface area (Å²) in [6, 6.07) is 10.3. The van der Waals surface area contributed by atoms with Crippen molar-refractivity contribution < 1.29 is 14.9 Å². The molecule has 2 aromatic heterocycles. The quantitative estimate of drug-likeness (QED) is 0.438. The molecule has 1 aliphatic rings. The Hall–Kier alpha value is -2.89. The molecule has 162 valence electrons. The van der Waals surface area contributed by atoms with E-state index in [0.717, 1.165) is 66.4 Å². The van der Waals surface area contributed by atoms with E-state index < -0.39 is 0 Å². The van der Waals surface area contributed by atoms with E-state index in [2.05, 4.69) is 50.2 Å². The number of morpholine rings is 1. The first-order valence-corrected chi connectivity index (χ1v) is 10.6. The summed E-state index contributed by atoms with van der Waals surface area (Å²) >= 11 is 0.